The zero-order chi connectivity index (χ0) is 11.1. The summed E-state index contributed by atoms with van der Waals surface area (Å²) >= 11 is 5.75. The molecule has 2 N–H and O–H groups in total. The maximum absolute atomic E-state index is 9.14. The molecular formula is C11H15ClN2O. The van der Waals surface area contributed by atoms with Crippen LogP contribution in [0.2, 0.25) is 5.15 Å². The molecule has 0 aliphatic rings. The molecular weight excluding hydrogens is 212 g/mol. The maximum atomic E-state index is 9.14. The third kappa shape index (κ3) is 4.32. The topological polar surface area (TPSA) is 45.1 Å². The second-order valence-corrected chi connectivity index (χ2v) is 3.64. The fourth-order valence-corrected chi connectivity index (χ4v) is 1.43. The van der Waals surface area contributed by atoms with Crippen molar-refractivity contribution in [1.82, 2.24) is 4.98 Å². The predicted molar refractivity (Wildman–Crippen MR) is 63.2 cm³/mol. The molecule has 1 aromatic heterocycles. The van der Waals surface area contributed by atoms with Crippen LogP contribution in [0, 0.1) is 0 Å². The Morgan fingerprint density at radius 3 is 3.07 bits per heavy atom. The fourth-order valence-electron chi connectivity index (χ4n) is 1.26. The summed E-state index contributed by atoms with van der Waals surface area (Å²) in [6, 6.07) is 3.59. The molecule has 1 rings (SSSR count). The molecule has 0 aromatic carbocycles. The summed E-state index contributed by atoms with van der Waals surface area (Å²) in [4.78, 5) is 3.88. The fraction of sp³-hybridized carbons (Fsp3) is 0.364. The van der Waals surface area contributed by atoms with Gasteiger partial charge in [0.15, 0.2) is 0 Å². The molecule has 1 unspecified atom stereocenters. The number of aromatic nitrogens is 1. The number of nitrogens with zero attached hydrogens (tertiary/aromatic N) is 1. The molecule has 0 aliphatic heterocycles. The van der Waals surface area contributed by atoms with Crippen LogP contribution in [-0.4, -0.2) is 22.7 Å². The van der Waals surface area contributed by atoms with Crippen molar-refractivity contribution in [3.63, 3.8) is 0 Å². The van der Waals surface area contributed by atoms with E-state index >= 15 is 0 Å². The van der Waals surface area contributed by atoms with Crippen molar-refractivity contribution < 1.29 is 5.11 Å². The Hall–Kier alpha value is -1.06. The van der Waals surface area contributed by atoms with E-state index in [-0.39, 0.29) is 12.6 Å². The van der Waals surface area contributed by atoms with Gasteiger partial charge in [0.1, 0.15) is 5.15 Å². The highest BCUT2D eigenvalue weighted by Gasteiger charge is 2.06. The lowest BCUT2D eigenvalue weighted by molar-refractivity contribution is 0.269. The minimum absolute atomic E-state index is 0.0291. The van der Waals surface area contributed by atoms with Gasteiger partial charge < -0.3 is 10.4 Å². The summed E-state index contributed by atoms with van der Waals surface area (Å²) < 4.78 is 0. The van der Waals surface area contributed by atoms with Gasteiger partial charge in [0.25, 0.3) is 0 Å². The number of aliphatic hydroxyl groups excluding tert-OH is 1. The van der Waals surface area contributed by atoms with Gasteiger partial charge in [-0.15, -0.1) is 6.58 Å². The Kier molecular flexibility index (Phi) is 5.15. The van der Waals surface area contributed by atoms with Gasteiger partial charge in [-0.25, -0.2) is 4.98 Å². The van der Waals surface area contributed by atoms with Gasteiger partial charge in [-0.3, -0.25) is 0 Å². The molecule has 0 amide bonds. The first-order valence-electron chi connectivity index (χ1n) is 4.86. The van der Waals surface area contributed by atoms with Crippen LogP contribution in [0.3, 0.4) is 0 Å². The normalized spacial score (nSPS) is 12.1. The van der Waals surface area contributed by atoms with E-state index in [1.165, 1.54) is 0 Å². The average Bonchev–Trinajstić information content (AvgIpc) is 2.24. The number of pyridine rings is 1. The molecule has 4 heteroatoms. The van der Waals surface area contributed by atoms with Crippen LogP contribution < -0.4 is 5.32 Å². The number of anilines is 1. The molecule has 0 aliphatic carbocycles. The minimum atomic E-state index is 0.0291. The minimum Gasteiger partial charge on any atom is -0.394 e. The number of nitrogens with one attached hydrogen (secondary N) is 1. The first-order valence-corrected chi connectivity index (χ1v) is 5.24. The van der Waals surface area contributed by atoms with E-state index in [1.807, 2.05) is 12.1 Å². The highest BCUT2D eigenvalue weighted by molar-refractivity contribution is 6.29. The summed E-state index contributed by atoms with van der Waals surface area (Å²) in [6.07, 6.45) is 5.19. The van der Waals surface area contributed by atoms with Crippen LogP contribution in [0.25, 0.3) is 0 Å². The zero-order valence-corrected chi connectivity index (χ0v) is 9.24. The quantitative estimate of drug-likeness (QED) is 0.579. The van der Waals surface area contributed by atoms with Gasteiger partial charge >= 0.3 is 0 Å². The highest BCUT2D eigenvalue weighted by Crippen LogP contribution is 2.14. The molecule has 0 saturated heterocycles. The number of allylic oxidation sites excluding steroid dienone is 1. The second kappa shape index (κ2) is 6.43. The third-order valence-corrected chi connectivity index (χ3v) is 2.24. The Bertz CT molecular complexity index is 317. The van der Waals surface area contributed by atoms with Crippen molar-refractivity contribution >= 4 is 17.3 Å². The number of hydrogen-bond donors (Lipinski definition) is 2. The van der Waals surface area contributed by atoms with E-state index < -0.39 is 0 Å². The second-order valence-electron chi connectivity index (χ2n) is 3.26. The maximum Gasteiger partial charge on any atom is 0.131 e. The Labute approximate surface area is 94.8 Å². The lowest BCUT2D eigenvalue weighted by Crippen LogP contribution is -2.23. The number of aliphatic hydroxyl groups is 1. The van der Waals surface area contributed by atoms with Crippen molar-refractivity contribution in [2.75, 3.05) is 11.9 Å². The standard InChI is InChI=1S/C11H15ClN2O/c1-2-3-4-10(8-15)14-9-5-6-13-11(12)7-9/h2,5-7,10,15H,1,3-4,8H2,(H,13,14). The van der Waals surface area contributed by atoms with Gasteiger partial charge in [0.05, 0.1) is 6.61 Å². The van der Waals surface area contributed by atoms with Gasteiger partial charge in [-0.05, 0) is 25.0 Å². The van der Waals surface area contributed by atoms with E-state index in [2.05, 4.69) is 16.9 Å². The van der Waals surface area contributed by atoms with E-state index in [0.717, 1.165) is 18.5 Å². The van der Waals surface area contributed by atoms with E-state index in [9.17, 15) is 0 Å². The van der Waals surface area contributed by atoms with Crippen molar-refractivity contribution in [3.8, 4) is 0 Å². The van der Waals surface area contributed by atoms with E-state index in [0.29, 0.717) is 5.15 Å². The summed E-state index contributed by atoms with van der Waals surface area (Å²) in [5, 5.41) is 12.8. The molecule has 0 radical (unpaired) electrons. The Morgan fingerprint density at radius 2 is 2.47 bits per heavy atom. The van der Waals surface area contributed by atoms with Crippen LogP contribution >= 0.6 is 11.6 Å². The Balaban J connectivity index is 2.54. The highest BCUT2D eigenvalue weighted by atomic mass is 35.5. The van der Waals surface area contributed by atoms with E-state index in [1.54, 1.807) is 12.3 Å². The monoisotopic (exact) mass is 226 g/mol. The summed E-state index contributed by atoms with van der Waals surface area (Å²) in [7, 11) is 0. The van der Waals surface area contributed by atoms with Gasteiger partial charge in [-0.1, -0.05) is 17.7 Å². The van der Waals surface area contributed by atoms with Crippen LogP contribution in [0.5, 0.6) is 0 Å². The Morgan fingerprint density at radius 1 is 1.67 bits per heavy atom. The van der Waals surface area contributed by atoms with E-state index in [4.69, 9.17) is 16.7 Å². The first-order chi connectivity index (χ1) is 7.26. The van der Waals surface area contributed by atoms with Gasteiger partial charge in [0, 0.05) is 17.9 Å². The smallest absolute Gasteiger partial charge is 0.131 e. The number of hydrogen-bond acceptors (Lipinski definition) is 3. The molecule has 0 bridgehead atoms. The molecule has 82 valence electrons. The van der Waals surface area contributed by atoms with Crippen molar-refractivity contribution in [3.05, 3.63) is 36.1 Å². The zero-order valence-electron chi connectivity index (χ0n) is 8.49. The lowest BCUT2D eigenvalue weighted by atomic mass is 10.1. The number of halogens is 1. The lowest BCUT2D eigenvalue weighted by Gasteiger charge is -2.16. The molecule has 15 heavy (non-hydrogen) atoms. The molecule has 0 spiro atoms. The molecule has 0 saturated carbocycles. The van der Waals surface area contributed by atoms with Crippen molar-refractivity contribution in [2.24, 2.45) is 0 Å². The van der Waals surface area contributed by atoms with Crippen LogP contribution in [0.1, 0.15) is 12.8 Å². The van der Waals surface area contributed by atoms with Gasteiger partial charge in [0.2, 0.25) is 0 Å². The number of rotatable bonds is 6. The molecule has 1 aromatic rings. The molecule has 1 atom stereocenters. The third-order valence-electron chi connectivity index (χ3n) is 2.04. The first kappa shape index (κ1) is 12.0. The molecule has 1 heterocycles. The molecule has 0 fully saturated rings. The summed E-state index contributed by atoms with van der Waals surface area (Å²) in [5.74, 6) is 0. The van der Waals surface area contributed by atoms with Gasteiger partial charge in [-0.2, -0.15) is 0 Å². The SMILES string of the molecule is C=CCCC(CO)Nc1ccnc(Cl)c1. The molecule has 3 nitrogen and oxygen atoms in total. The largest absolute Gasteiger partial charge is 0.394 e. The predicted octanol–water partition coefficient (Wildman–Crippen LogP) is 2.47. The van der Waals surface area contributed by atoms with Crippen LogP contribution in [-0.2, 0) is 0 Å². The summed E-state index contributed by atoms with van der Waals surface area (Å²) in [6.45, 7) is 3.74. The van der Waals surface area contributed by atoms with Crippen LogP contribution in [0.4, 0.5) is 5.69 Å². The average molecular weight is 227 g/mol. The summed E-state index contributed by atoms with van der Waals surface area (Å²) in [5.41, 5.74) is 0.873. The van der Waals surface area contributed by atoms with Crippen LogP contribution in [0.15, 0.2) is 31.0 Å². The van der Waals surface area contributed by atoms with Crippen molar-refractivity contribution in [1.29, 1.82) is 0 Å². The van der Waals surface area contributed by atoms with Crippen molar-refractivity contribution in [2.45, 2.75) is 18.9 Å².